The molecule has 5 heteroatoms. The second kappa shape index (κ2) is 5.41. The molecule has 0 aromatic carbocycles. The van der Waals surface area contributed by atoms with Gasteiger partial charge < -0.3 is 15.0 Å². The van der Waals surface area contributed by atoms with E-state index in [2.05, 4.69) is 14.8 Å². The molecule has 0 radical (unpaired) electrons. The number of nitrogens with two attached hydrogens (primary N) is 1. The highest BCUT2D eigenvalue weighted by Gasteiger charge is 2.22. The lowest BCUT2D eigenvalue weighted by molar-refractivity contribution is 0.0827. The van der Waals surface area contributed by atoms with E-state index in [1.165, 1.54) is 0 Å². The van der Waals surface area contributed by atoms with Crippen molar-refractivity contribution in [2.24, 2.45) is 5.73 Å². The van der Waals surface area contributed by atoms with Crippen LogP contribution in [0.15, 0.2) is 0 Å². The largest absolute Gasteiger partial charge is 0.381 e. The average molecular weight is 224 g/mol. The van der Waals surface area contributed by atoms with Crippen LogP contribution in [0.2, 0.25) is 0 Å². The first kappa shape index (κ1) is 11.5. The van der Waals surface area contributed by atoms with Gasteiger partial charge >= 0.3 is 0 Å². The molecule has 1 aliphatic heterocycles. The lowest BCUT2D eigenvalue weighted by Crippen LogP contribution is -2.19. The second-order valence-electron chi connectivity index (χ2n) is 4.29. The van der Waals surface area contributed by atoms with Crippen LogP contribution in [0.3, 0.4) is 0 Å². The SMILES string of the molecule is Cc1nnc(C2CCOCC2)n1CCCN. The van der Waals surface area contributed by atoms with Gasteiger partial charge in [-0.15, -0.1) is 10.2 Å². The van der Waals surface area contributed by atoms with Crippen molar-refractivity contribution in [3.63, 3.8) is 0 Å². The molecule has 0 atom stereocenters. The van der Waals surface area contributed by atoms with Crippen molar-refractivity contribution < 1.29 is 4.74 Å². The smallest absolute Gasteiger partial charge is 0.136 e. The number of aryl methyl sites for hydroxylation is 1. The lowest BCUT2D eigenvalue weighted by Gasteiger charge is -2.22. The lowest BCUT2D eigenvalue weighted by atomic mass is 9.99. The van der Waals surface area contributed by atoms with Crippen molar-refractivity contribution in [2.45, 2.75) is 38.6 Å². The Morgan fingerprint density at radius 1 is 1.38 bits per heavy atom. The molecule has 0 aliphatic carbocycles. The molecule has 2 rings (SSSR count). The van der Waals surface area contributed by atoms with E-state index in [1.807, 2.05) is 6.92 Å². The summed E-state index contributed by atoms with van der Waals surface area (Å²) in [7, 11) is 0. The number of ether oxygens (including phenoxy) is 1. The average Bonchev–Trinajstić information content (AvgIpc) is 2.69. The number of hydrogen-bond donors (Lipinski definition) is 1. The van der Waals surface area contributed by atoms with Crippen LogP contribution in [0.1, 0.15) is 36.8 Å². The molecule has 90 valence electrons. The maximum absolute atomic E-state index is 5.55. The molecule has 0 saturated carbocycles. The summed E-state index contributed by atoms with van der Waals surface area (Å²) in [6.07, 6.45) is 3.09. The fourth-order valence-corrected chi connectivity index (χ4v) is 2.18. The Hall–Kier alpha value is -0.940. The molecular formula is C11H20N4O. The summed E-state index contributed by atoms with van der Waals surface area (Å²) in [5.41, 5.74) is 5.55. The van der Waals surface area contributed by atoms with Crippen LogP contribution in [0, 0.1) is 6.92 Å². The molecule has 1 aromatic heterocycles. The third kappa shape index (κ3) is 2.41. The highest BCUT2D eigenvalue weighted by Crippen LogP contribution is 2.25. The van der Waals surface area contributed by atoms with Crippen LogP contribution in [0.5, 0.6) is 0 Å². The molecule has 0 amide bonds. The first-order valence-corrected chi connectivity index (χ1v) is 6.00. The number of nitrogens with zero attached hydrogens (tertiary/aromatic N) is 3. The quantitative estimate of drug-likeness (QED) is 0.822. The Kier molecular flexibility index (Phi) is 3.90. The van der Waals surface area contributed by atoms with Gasteiger partial charge in [0.05, 0.1) is 0 Å². The fraction of sp³-hybridized carbons (Fsp3) is 0.818. The van der Waals surface area contributed by atoms with Crippen LogP contribution < -0.4 is 5.73 Å². The molecule has 2 N–H and O–H groups in total. The van der Waals surface area contributed by atoms with Crippen molar-refractivity contribution in [2.75, 3.05) is 19.8 Å². The molecule has 0 spiro atoms. The molecular weight excluding hydrogens is 204 g/mol. The highest BCUT2D eigenvalue weighted by molar-refractivity contribution is 5.02. The Morgan fingerprint density at radius 2 is 2.12 bits per heavy atom. The summed E-state index contributed by atoms with van der Waals surface area (Å²) < 4.78 is 7.58. The van der Waals surface area contributed by atoms with E-state index in [1.54, 1.807) is 0 Å². The molecule has 1 aliphatic rings. The normalized spacial score (nSPS) is 17.9. The van der Waals surface area contributed by atoms with E-state index < -0.39 is 0 Å². The Labute approximate surface area is 96.0 Å². The summed E-state index contributed by atoms with van der Waals surface area (Å²) in [5, 5.41) is 8.48. The topological polar surface area (TPSA) is 66.0 Å². The van der Waals surface area contributed by atoms with Gasteiger partial charge in [-0.1, -0.05) is 0 Å². The van der Waals surface area contributed by atoms with E-state index >= 15 is 0 Å². The molecule has 1 saturated heterocycles. The molecule has 16 heavy (non-hydrogen) atoms. The van der Waals surface area contributed by atoms with Crippen LogP contribution in [0.25, 0.3) is 0 Å². The predicted molar refractivity (Wildman–Crippen MR) is 61.2 cm³/mol. The summed E-state index contributed by atoms with van der Waals surface area (Å²) in [6, 6.07) is 0. The van der Waals surface area contributed by atoms with Crippen LogP contribution >= 0.6 is 0 Å². The molecule has 1 fully saturated rings. The summed E-state index contributed by atoms with van der Waals surface area (Å²) in [6.45, 7) is 5.33. The van der Waals surface area contributed by atoms with Gasteiger partial charge in [-0.3, -0.25) is 0 Å². The van der Waals surface area contributed by atoms with E-state index in [-0.39, 0.29) is 0 Å². The standard InChI is InChI=1S/C11H20N4O/c1-9-13-14-11(15(9)6-2-5-12)10-3-7-16-8-4-10/h10H,2-8,12H2,1H3. The zero-order valence-corrected chi connectivity index (χ0v) is 9.85. The van der Waals surface area contributed by atoms with Crippen LogP contribution in [-0.4, -0.2) is 34.5 Å². The van der Waals surface area contributed by atoms with Gasteiger partial charge in [0.25, 0.3) is 0 Å². The minimum absolute atomic E-state index is 0.507. The van der Waals surface area contributed by atoms with Crippen molar-refractivity contribution in [1.29, 1.82) is 0 Å². The van der Waals surface area contributed by atoms with Crippen molar-refractivity contribution in [3.05, 3.63) is 11.6 Å². The maximum atomic E-state index is 5.55. The van der Waals surface area contributed by atoms with Gasteiger partial charge in [-0.2, -0.15) is 0 Å². The van der Waals surface area contributed by atoms with Crippen molar-refractivity contribution in [1.82, 2.24) is 14.8 Å². The van der Waals surface area contributed by atoms with Gasteiger partial charge in [0.1, 0.15) is 11.6 Å². The van der Waals surface area contributed by atoms with Gasteiger partial charge in [0.15, 0.2) is 0 Å². The third-order valence-electron chi connectivity index (χ3n) is 3.14. The Balaban J connectivity index is 2.12. The summed E-state index contributed by atoms with van der Waals surface area (Å²) in [5.74, 6) is 2.62. The fourth-order valence-electron chi connectivity index (χ4n) is 2.18. The van der Waals surface area contributed by atoms with Gasteiger partial charge in [-0.05, 0) is 32.7 Å². The van der Waals surface area contributed by atoms with E-state index in [0.29, 0.717) is 12.5 Å². The highest BCUT2D eigenvalue weighted by atomic mass is 16.5. The molecule has 0 bridgehead atoms. The van der Waals surface area contributed by atoms with Gasteiger partial charge in [0, 0.05) is 25.7 Å². The van der Waals surface area contributed by atoms with E-state index in [0.717, 1.165) is 50.7 Å². The van der Waals surface area contributed by atoms with Crippen molar-refractivity contribution >= 4 is 0 Å². The van der Waals surface area contributed by atoms with Crippen molar-refractivity contribution in [3.8, 4) is 0 Å². The number of rotatable bonds is 4. The zero-order valence-electron chi connectivity index (χ0n) is 9.85. The first-order valence-electron chi connectivity index (χ1n) is 6.00. The molecule has 2 heterocycles. The Bertz CT molecular complexity index is 331. The first-order chi connectivity index (χ1) is 7.83. The summed E-state index contributed by atoms with van der Waals surface area (Å²) >= 11 is 0. The molecule has 1 aromatic rings. The number of aromatic nitrogens is 3. The maximum Gasteiger partial charge on any atom is 0.136 e. The number of hydrogen-bond acceptors (Lipinski definition) is 4. The van der Waals surface area contributed by atoms with Crippen LogP contribution in [-0.2, 0) is 11.3 Å². The predicted octanol–water partition coefficient (Wildman–Crippen LogP) is 0.829. The monoisotopic (exact) mass is 224 g/mol. The van der Waals surface area contributed by atoms with E-state index in [9.17, 15) is 0 Å². The Morgan fingerprint density at radius 3 is 2.81 bits per heavy atom. The van der Waals surface area contributed by atoms with Gasteiger partial charge in [-0.25, -0.2) is 0 Å². The minimum atomic E-state index is 0.507. The zero-order chi connectivity index (χ0) is 11.4. The van der Waals surface area contributed by atoms with Gasteiger partial charge in [0.2, 0.25) is 0 Å². The minimum Gasteiger partial charge on any atom is -0.381 e. The summed E-state index contributed by atoms with van der Waals surface area (Å²) in [4.78, 5) is 0. The van der Waals surface area contributed by atoms with Crippen LogP contribution in [0.4, 0.5) is 0 Å². The third-order valence-corrected chi connectivity index (χ3v) is 3.14. The molecule has 0 unspecified atom stereocenters. The second-order valence-corrected chi connectivity index (χ2v) is 4.29. The van der Waals surface area contributed by atoms with E-state index in [4.69, 9.17) is 10.5 Å². The molecule has 5 nitrogen and oxygen atoms in total.